The molecule has 4 unspecified atom stereocenters. The number of ether oxygens (including phenoxy) is 4. The van der Waals surface area contributed by atoms with Crippen molar-refractivity contribution in [1.82, 2.24) is 0 Å². The summed E-state index contributed by atoms with van der Waals surface area (Å²) in [6, 6.07) is 3.00. The molecule has 2 saturated heterocycles. The van der Waals surface area contributed by atoms with Gasteiger partial charge in [-0.1, -0.05) is 32.4 Å². The standard InChI is InChI=1S/C21H22ClF3O5.HNO2/c1-20(2,3)12-8-15-10(7-13(12)22)6-11(18(29-15)21(23,24)25)19(26)30-16-9-28-14-4-5-27-17(14)16;2-1-3/h6-8,14,16-18H,4-5,9H2,1-3H3;1H/p+1. The highest BCUT2D eigenvalue weighted by molar-refractivity contribution is 6.31. The molecule has 0 amide bonds. The average molecular weight is 495 g/mol. The van der Waals surface area contributed by atoms with Crippen molar-refractivity contribution in [3.8, 4) is 5.75 Å². The molecular weight excluding hydrogens is 471 g/mol. The molecular formula is C21H24ClF3NO7+. The van der Waals surface area contributed by atoms with Crippen LogP contribution in [0.1, 0.15) is 38.3 Å². The molecule has 0 radical (unpaired) electrons. The zero-order valence-corrected chi connectivity index (χ0v) is 18.8. The van der Waals surface area contributed by atoms with Crippen molar-refractivity contribution in [2.24, 2.45) is 0 Å². The number of hydrogen-bond acceptors (Lipinski definition) is 6. The minimum absolute atomic E-state index is 0.0200. The molecule has 0 bridgehead atoms. The Kier molecular flexibility index (Phi) is 7.25. The highest BCUT2D eigenvalue weighted by atomic mass is 35.5. The third-order valence-electron chi connectivity index (χ3n) is 5.46. The molecule has 8 nitrogen and oxygen atoms in total. The minimum atomic E-state index is -4.80. The SMILES string of the molecule is CC(C)(C)c1cc2c(cc1Cl)C=C(C(=O)OC1COC3CCOC31)C(C(F)(F)F)O2.O=[NH+]O. The van der Waals surface area contributed by atoms with Gasteiger partial charge in [0.15, 0.2) is 11.4 Å². The summed E-state index contributed by atoms with van der Waals surface area (Å²) in [5.41, 5.74) is -0.0863. The fraction of sp³-hybridized carbons (Fsp3) is 0.571. The monoisotopic (exact) mass is 494 g/mol. The first kappa shape index (κ1) is 25.3. The Morgan fingerprint density at radius 2 is 1.91 bits per heavy atom. The van der Waals surface area contributed by atoms with Crippen LogP contribution in [-0.2, 0) is 24.4 Å². The van der Waals surface area contributed by atoms with Crippen molar-refractivity contribution in [2.45, 2.75) is 63.2 Å². The van der Waals surface area contributed by atoms with Gasteiger partial charge in [0.05, 0.1) is 23.2 Å². The maximum atomic E-state index is 13.7. The molecule has 0 aromatic heterocycles. The maximum absolute atomic E-state index is 13.7. The Labute approximate surface area is 192 Å². The fourth-order valence-electron chi connectivity index (χ4n) is 3.94. The van der Waals surface area contributed by atoms with E-state index in [4.69, 9.17) is 40.7 Å². The lowest BCUT2D eigenvalue weighted by atomic mass is 9.85. The average Bonchev–Trinajstić information content (AvgIpc) is 3.30. The molecule has 1 aromatic rings. The zero-order chi connectivity index (χ0) is 24.6. The fourth-order valence-corrected chi connectivity index (χ4v) is 4.39. The molecule has 4 atom stereocenters. The number of fused-ring (bicyclic) bond motifs is 2. The van der Waals surface area contributed by atoms with Crippen molar-refractivity contribution in [3.63, 3.8) is 0 Å². The number of rotatable bonds is 2. The number of carbonyl (C=O) groups is 1. The Morgan fingerprint density at radius 3 is 2.52 bits per heavy atom. The first-order chi connectivity index (χ1) is 15.4. The molecule has 3 heterocycles. The van der Waals surface area contributed by atoms with E-state index in [1.165, 1.54) is 12.1 Å². The molecule has 0 aliphatic carbocycles. The summed E-state index contributed by atoms with van der Waals surface area (Å²) >= 11 is 6.34. The lowest BCUT2D eigenvalue weighted by Crippen LogP contribution is -2.58. The number of alkyl halides is 3. The molecule has 2 fully saturated rings. The van der Waals surface area contributed by atoms with Crippen LogP contribution in [-0.4, -0.2) is 55.0 Å². The smallest absolute Gasteiger partial charge is 0.430 e. The van der Waals surface area contributed by atoms with Crippen molar-refractivity contribution in [1.29, 1.82) is 0 Å². The Bertz CT molecular complexity index is 945. The van der Waals surface area contributed by atoms with E-state index in [9.17, 15) is 18.0 Å². The second-order valence-electron chi connectivity index (χ2n) is 8.79. The molecule has 1 aromatic carbocycles. The van der Waals surface area contributed by atoms with Gasteiger partial charge in [0, 0.05) is 17.2 Å². The number of carbonyl (C=O) groups excluding carboxylic acids is 1. The van der Waals surface area contributed by atoms with Crippen LogP contribution in [0.3, 0.4) is 0 Å². The van der Waals surface area contributed by atoms with Crippen LogP contribution in [0.2, 0.25) is 5.02 Å². The number of halogens is 4. The molecule has 0 saturated carbocycles. The van der Waals surface area contributed by atoms with E-state index in [0.29, 0.717) is 29.0 Å². The quantitative estimate of drug-likeness (QED) is 0.481. The Hall–Kier alpha value is -2.37. The van der Waals surface area contributed by atoms with E-state index in [2.05, 4.69) is 0 Å². The van der Waals surface area contributed by atoms with Gasteiger partial charge >= 0.3 is 12.1 Å². The van der Waals surface area contributed by atoms with Crippen LogP contribution < -0.4 is 10.1 Å². The largest absolute Gasteiger partial charge is 0.475 e. The van der Waals surface area contributed by atoms with Crippen molar-refractivity contribution in [3.05, 3.63) is 38.8 Å². The third kappa shape index (κ3) is 5.42. The van der Waals surface area contributed by atoms with E-state index in [1.807, 2.05) is 20.8 Å². The summed E-state index contributed by atoms with van der Waals surface area (Å²) < 4.78 is 62.8. The highest BCUT2D eigenvalue weighted by Crippen LogP contribution is 2.42. The third-order valence-corrected chi connectivity index (χ3v) is 5.77. The van der Waals surface area contributed by atoms with Crippen LogP contribution in [0.15, 0.2) is 17.7 Å². The number of hydrogen-bond donors (Lipinski definition) is 2. The van der Waals surface area contributed by atoms with Gasteiger partial charge in [-0.15, -0.1) is 0 Å². The van der Waals surface area contributed by atoms with Crippen LogP contribution in [0, 0.1) is 4.91 Å². The summed E-state index contributed by atoms with van der Waals surface area (Å²) in [7, 11) is 0. The van der Waals surface area contributed by atoms with Gasteiger partial charge in [-0.2, -0.15) is 13.2 Å². The van der Waals surface area contributed by atoms with Crippen LogP contribution in [0.5, 0.6) is 5.75 Å². The van der Waals surface area contributed by atoms with E-state index < -0.39 is 41.4 Å². The lowest BCUT2D eigenvalue weighted by Gasteiger charge is -2.30. The second kappa shape index (κ2) is 9.47. The first-order valence-electron chi connectivity index (χ1n) is 10.1. The van der Waals surface area contributed by atoms with Crippen LogP contribution in [0.4, 0.5) is 13.2 Å². The van der Waals surface area contributed by atoms with Gasteiger partial charge in [-0.25, -0.2) is 10.0 Å². The molecule has 182 valence electrons. The number of esters is 1. The van der Waals surface area contributed by atoms with E-state index >= 15 is 0 Å². The van der Waals surface area contributed by atoms with Crippen molar-refractivity contribution < 1.29 is 47.5 Å². The predicted molar refractivity (Wildman–Crippen MR) is 109 cm³/mol. The summed E-state index contributed by atoms with van der Waals surface area (Å²) in [6.45, 7) is 6.23. The number of nitrogens with one attached hydrogen (secondary N) is 1. The Morgan fingerprint density at radius 1 is 1.24 bits per heavy atom. The van der Waals surface area contributed by atoms with E-state index in [-0.39, 0.29) is 24.0 Å². The van der Waals surface area contributed by atoms with Crippen molar-refractivity contribution >= 4 is 23.6 Å². The highest BCUT2D eigenvalue weighted by Gasteiger charge is 2.51. The summed E-state index contributed by atoms with van der Waals surface area (Å²) in [5, 5.41) is 7.64. The summed E-state index contributed by atoms with van der Waals surface area (Å²) in [6.07, 6.45) is -6.85. The number of benzene rings is 1. The van der Waals surface area contributed by atoms with Crippen LogP contribution >= 0.6 is 11.6 Å². The molecule has 33 heavy (non-hydrogen) atoms. The zero-order valence-electron chi connectivity index (χ0n) is 18.1. The lowest BCUT2D eigenvalue weighted by molar-refractivity contribution is -0.755. The molecule has 3 aliphatic rings. The normalized spacial score (nSPS) is 26.2. The first-order valence-corrected chi connectivity index (χ1v) is 10.5. The second-order valence-corrected chi connectivity index (χ2v) is 9.20. The summed E-state index contributed by atoms with van der Waals surface area (Å²) in [5.74, 6) is -1.09. The van der Waals surface area contributed by atoms with Crippen LogP contribution in [0.25, 0.3) is 6.08 Å². The van der Waals surface area contributed by atoms with Gasteiger partial charge in [0.25, 0.3) is 0 Å². The maximum Gasteiger partial charge on any atom is 0.430 e. The predicted octanol–water partition coefficient (Wildman–Crippen LogP) is 2.67. The van der Waals surface area contributed by atoms with Gasteiger partial charge in [0.2, 0.25) is 6.10 Å². The van der Waals surface area contributed by atoms with Gasteiger partial charge in [0.1, 0.15) is 11.9 Å². The molecule has 0 spiro atoms. The molecule has 2 N–H and O–H groups in total. The van der Waals surface area contributed by atoms with Gasteiger partial charge in [-0.05, 0) is 35.6 Å². The molecule has 12 heteroatoms. The molecule has 4 rings (SSSR count). The van der Waals surface area contributed by atoms with E-state index in [0.717, 1.165) is 6.08 Å². The topological polar surface area (TPSA) is 105 Å². The Balaban J connectivity index is 0.000000968. The minimum Gasteiger partial charge on any atom is -0.475 e. The van der Waals surface area contributed by atoms with E-state index in [1.54, 1.807) is 0 Å². The van der Waals surface area contributed by atoms with Crippen molar-refractivity contribution in [2.75, 3.05) is 13.2 Å². The molecule has 3 aliphatic heterocycles. The summed E-state index contributed by atoms with van der Waals surface area (Å²) in [4.78, 5) is 20.9. The van der Waals surface area contributed by atoms with Gasteiger partial charge < -0.3 is 18.9 Å². The van der Waals surface area contributed by atoms with Gasteiger partial charge in [-0.3, -0.25) is 0 Å².